The number of rotatable bonds is 3. The van der Waals surface area contributed by atoms with Gasteiger partial charge in [-0.2, -0.15) is 0 Å². The summed E-state index contributed by atoms with van der Waals surface area (Å²) in [6.07, 6.45) is 3.42. The molecule has 0 aromatic heterocycles. The van der Waals surface area contributed by atoms with Crippen molar-refractivity contribution in [1.29, 1.82) is 0 Å². The number of benzene rings is 1. The van der Waals surface area contributed by atoms with Crippen LogP contribution in [-0.4, -0.2) is 23.9 Å². The number of alkyl halides is 1. The van der Waals surface area contributed by atoms with Crippen LogP contribution in [0.25, 0.3) is 0 Å². The second-order valence-electron chi connectivity index (χ2n) is 5.57. The molecule has 1 amide bonds. The molecule has 104 valence electrons. The summed E-state index contributed by atoms with van der Waals surface area (Å²) in [7, 11) is 0. The van der Waals surface area contributed by atoms with Crippen molar-refractivity contribution < 1.29 is 4.79 Å². The highest BCUT2D eigenvalue weighted by atomic mass is 35.5. The lowest BCUT2D eigenvalue weighted by molar-refractivity contribution is -0.131. The van der Waals surface area contributed by atoms with Crippen molar-refractivity contribution in [2.75, 3.05) is 13.1 Å². The van der Waals surface area contributed by atoms with Crippen molar-refractivity contribution in [2.24, 2.45) is 0 Å². The lowest BCUT2D eigenvalue weighted by atomic mass is 10.0. The molecule has 2 nitrogen and oxygen atoms in total. The van der Waals surface area contributed by atoms with Crippen molar-refractivity contribution in [2.45, 2.75) is 44.4 Å². The first-order valence-corrected chi connectivity index (χ1v) is 7.56. The highest BCUT2D eigenvalue weighted by Crippen LogP contribution is 2.26. The Morgan fingerprint density at radius 3 is 2.11 bits per heavy atom. The molecule has 19 heavy (non-hydrogen) atoms. The molecule has 3 heteroatoms. The highest BCUT2D eigenvalue weighted by molar-refractivity contribution is 6.30. The molecule has 1 aromatic rings. The number of likely N-dealkylation sites (tertiary alicyclic amines) is 1. The summed E-state index contributed by atoms with van der Waals surface area (Å²) in [6.45, 7) is 6.02. The zero-order valence-electron chi connectivity index (χ0n) is 11.7. The smallest absolute Gasteiger partial charge is 0.245 e. The molecule has 1 saturated heterocycles. The van der Waals surface area contributed by atoms with Gasteiger partial charge in [0, 0.05) is 13.1 Å². The van der Waals surface area contributed by atoms with Crippen molar-refractivity contribution in [3.8, 4) is 0 Å². The fraction of sp³-hybridized carbons (Fsp3) is 0.562. The minimum atomic E-state index is -0.542. The Labute approximate surface area is 120 Å². The molecule has 1 unspecified atom stereocenters. The zero-order valence-corrected chi connectivity index (χ0v) is 12.5. The van der Waals surface area contributed by atoms with Crippen LogP contribution in [0.1, 0.15) is 55.5 Å². The molecule has 0 bridgehead atoms. The molecule has 0 spiro atoms. The lowest BCUT2D eigenvalue weighted by Crippen LogP contribution is -2.37. The van der Waals surface area contributed by atoms with E-state index < -0.39 is 5.38 Å². The van der Waals surface area contributed by atoms with Crippen molar-refractivity contribution in [3.05, 3.63) is 35.4 Å². The van der Waals surface area contributed by atoms with E-state index in [4.69, 9.17) is 11.6 Å². The van der Waals surface area contributed by atoms with Gasteiger partial charge in [-0.05, 0) is 36.3 Å². The van der Waals surface area contributed by atoms with E-state index >= 15 is 0 Å². The number of piperidine rings is 1. The fourth-order valence-electron chi connectivity index (χ4n) is 2.47. The van der Waals surface area contributed by atoms with E-state index in [1.165, 1.54) is 12.0 Å². The van der Waals surface area contributed by atoms with Gasteiger partial charge < -0.3 is 4.90 Å². The highest BCUT2D eigenvalue weighted by Gasteiger charge is 2.24. The quantitative estimate of drug-likeness (QED) is 0.763. The Morgan fingerprint density at radius 1 is 1.05 bits per heavy atom. The van der Waals surface area contributed by atoms with Gasteiger partial charge in [-0.25, -0.2) is 0 Å². The molecule has 1 aliphatic heterocycles. The molecular formula is C16H22ClNO. The third kappa shape index (κ3) is 3.50. The normalized spacial score (nSPS) is 17.6. The summed E-state index contributed by atoms with van der Waals surface area (Å²) in [5.74, 6) is 0.555. The maximum atomic E-state index is 12.3. The molecule has 1 aromatic carbocycles. The van der Waals surface area contributed by atoms with E-state index in [0.29, 0.717) is 5.92 Å². The summed E-state index contributed by atoms with van der Waals surface area (Å²) < 4.78 is 0. The Hall–Kier alpha value is -1.02. The van der Waals surface area contributed by atoms with Crippen LogP contribution in [0.4, 0.5) is 0 Å². The molecular weight excluding hydrogens is 258 g/mol. The molecule has 0 radical (unpaired) electrons. The summed E-state index contributed by atoms with van der Waals surface area (Å²) in [5, 5.41) is -0.542. The minimum Gasteiger partial charge on any atom is -0.341 e. The number of nitrogens with zero attached hydrogens (tertiary/aromatic N) is 1. The van der Waals surface area contributed by atoms with Gasteiger partial charge in [-0.1, -0.05) is 38.1 Å². The maximum Gasteiger partial charge on any atom is 0.245 e. The van der Waals surface area contributed by atoms with Crippen LogP contribution in [0.3, 0.4) is 0 Å². The third-order valence-corrected chi connectivity index (χ3v) is 4.22. The van der Waals surface area contributed by atoms with Crippen LogP contribution in [0.2, 0.25) is 0 Å². The van der Waals surface area contributed by atoms with Crippen LogP contribution >= 0.6 is 11.6 Å². The number of amides is 1. The van der Waals surface area contributed by atoms with Gasteiger partial charge in [0.25, 0.3) is 0 Å². The predicted molar refractivity (Wildman–Crippen MR) is 79.6 cm³/mol. The molecule has 0 saturated carbocycles. The fourth-order valence-corrected chi connectivity index (χ4v) is 2.75. The van der Waals surface area contributed by atoms with Crippen LogP contribution in [0, 0.1) is 0 Å². The summed E-state index contributed by atoms with van der Waals surface area (Å²) in [6, 6.07) is 8.10. The molecule has 1 atom stereocenters. The van der Waals surface area contributed by atoms with Crippen LogP contribution in [-0.2, 0) is 4.79 Å². The number of halogens is 1. The standard InChI is InChI=1S/C16H22ClNO/c1-12(2)13-6-8-14(9-7-13)15(17)16(19)18-10-4-3-5-11-18/h6-9,12,15H,3-5,10-11H2,1-2H3. The van der Waals surface area contributed by atoms with Crippen LogP contribution in [0.15, 0.2) is 24.3 Å². The number of carbonyl (C=O) groups excluding carboxylic acids is 1. The first-order valence-electron chi connectivity index (χ1n) is 7.12. The Morgan fingerprint density at radius 2 is 1.58 bits per heavy atom. The van der Waals surface area contributed by atoms with Gasteiger partial charge in [-0.3, -0.25) is 4.79 Å². The third-order valence-electron chi connectivity index (χ3n) is 3.78. The average molecular weight is 280 g/mol. The Bertz CT molecular complexity index is 421. The predicted octanol–water partition coefficient (Wildman–Crippen LogP) is 4.10. The molecule has 1 aliphatic rings. The molecule has 0 N–H and O–H groups in total. The summed E-state index contributed by atoms with van der Waals surface area (Å²) in [4.78, 5) is 14.2. The average Bonchev–Trinajstić information content (AvgIpc) is 2.46. The Kier molecular flexibility index (Phi) is 4.87. The van der Waals surface area contributed by atoms with E-state index in [0.717, 1.165) is 31.5 Å². The van der Waals surface area contributed by atoms with Crippen molar-refractivity contribution in [1.82, 2.24) is 4.90 Å². The monoisotopic (exact) mass is 279 g/mol. The molecule has 0 aliphatic carbocycles. The van der Waals surface area contributed by atoms with E-state index in [1.54, 1.807) is 0 Å². The summed E-state index contributed by atoms with van der Waals surface area (Å²) in [5.41, 5.74) is 2.18. The zero-order chi connectivity index (χ0) is 13.8. The topological polar surface area (TPSA) is 20.3 Å². The summed E-state index contributed by atoms with van der Waals surface area (Å²) >= 11 is 6.33. The second kappa shape index (κ2) is 6.42. The van der Waals surface area contributed by atoms with Crippen LogP contribution < -0.4 is 0 Å². The van der Waals surface area contributed by atoms with E-state index in [1.807, 2.05) is 17.0 Å². The van der Waals surface area contributed by atoms with E-state index in [-0.39, 0.29) is 5.91 Å². The van der Waals surface area contributed by atoms with Gasteiger partial charge in [0.05, 0.1) is 0 Å². The molecule has 1 fully saturated rings. The number of hydrogen-bond acceptors (Lipinski definition) is 1. The maximum absolute atomic E-state index is 12.3. The minimum absolute atomic E-state index is 0.0543. The van der Waals surface area contributed by atoms with E-state index in [2.05, 4.69) is 26.0 Å². The SMILES string of the molecule is CC(C)c1ccc(C(Cl)C(=O)N2CCCCC2)cc1. The van der Waals surface area contributed by atoms with Gasteiger partial charge in [0.15, 0.2) is 0 Å². The number of hydrogen-bond donors (Lipinski definition) is 0. The van der Waals surface area contributed by atoms with Crippen molar-refractivity contribution in [3.63, 3.8) is 0 Å². The van der Waals surface area contributed by atoms with Gasteiger partial charge >= 0.3 is 0 Å². The van der Waals surface area contributed by atoms with Crippen LogP contribution in [0.5, 0.6) is 0 Å². The van der Waals surface area contributed by atoms with Gasteiger partial charge in [0.1, 0.15) is 5.38 Å². The van der Waals surface area contributed by atoms with E-state index in [9.17, 15) is 4.79 Å². The first kappa shape index (κ1) is 14.4. The largest absolute Gasteiger partial charge is 0.341 e. The van der Waals surface area contributed by atoms with Gasteiger partial charge in [-0.15, -0.1) is 11.6 Å². The molecule has 2 rings (SSSR count). The number of carbonyl (C=O) groups is 1. The lowest BCUT2D eigenvalue weighted by Gasteiger charge is -2.28. The van der Waals surface area contributed by atoms with Crippen molar-refractivity contribution >= 4 is 17.5 Å². The van der Waals surface area contributed by atoms with Gasteiger partial charge in [0.2, 0.25) is 5.91 Å². The Balaban J connectivity index is 2.05. The molecule has 1 heterocycles. The second-order valence-corrected chi connectivity index (χ2v) is 6.01. The first-order chi connectivity index (χ1) is 9.09.